The van der Waals surface area contributed by atoms with Gasteiger partial charge in [0.1, 0.15) is 11.3 Å². The van der Waals surface area contributed by atoms with Crippen LogP contribution in [-0.4, -0.2) is 95.0 Å². The van der Waals surface area contributed by atoms with Gasteiger partial charge in [0.15, 0.2) is 10.8 Å². The summed E-state index contributed by atoms with van der Waals surface area (Å²) >= 11 is 0. The normalized spacial score (nSPS) is 16.3. The second-order valence-electron chi connectivity index (χ2n) is 11.8. The molecular formula is C29H36F2N8O6S. The number of hydrogen-bond acceptors (Lipinski definition) is 9. The van der Waals surface area contributed by atoms with E-state index in [1.54, 1.807) is 34.6 Å². The highest BCUT2D eigenvalue weighted by Crippen LogP contribution is 2.45. The number of sulfonamides is 1. The van der Waals surface area contributed by atoms with E-state index in [-0.39, 0.29) is 40.6 Å². The van der Waals surface area contributed by atoms with Gasteiger partial charge in [-0.15, -0.1) is 0 Å². The zero-order valence-corrected chi connectivity index (χ0v) is 26.7. The first-order chi connectivity index (χ1) is 21.7. The minimum atomic E-state index is -4.30. The highest BCUT2D eigenvalue weighted by Gasteiger charge is 2.50. The highest BCUT2D eigenvalue weighted by molar-refractivity contribution is 7.89. The Labute approximate surface area is 264 Å². The van der Waals surface area contributed by atoms with Gasteiger partial charge in [-0.05, 0) is 37.5 Å². The van der Waals surface area contributed by atoms with E-state index < -0.39 is 33.8 Å². The molecule has 2 aromatic heterocycles. The third-order valence-electron chi connectivity index (χ3n) is 8.18. The second-order valence-corrected chi connectivity index (χ2v) is 13.6. The molecule has 3 amide bonds. The molecule has 5 rings (SSSR count). The molecule has 1 saturated carbocycles. The molecule has 248 valence electrons. The van der Waals surface area contributed by atoms with Crippen LogP contribution in [0.4, 0.5) is 14.6 Å². The highest BCUT2D eigenvalue weighted by atomic mass is 32.2. The number of halogens is 2. The number of alkyl halides is 2. The molecule has 0 unspecified atom stereocenters. The lowest BCUT2D eigenvalue weighted by molar-refractivity contribution is -0.134. The Balaban J connectivity index is 1.56. The van der Waals surface area contributed by atoms with Gasteiger partial charge in [-0.2, -0.15) is 13.1 Å². The van der Waals surface area contributed by atoms with Gasteiger partial charge in [-0.25, -0.2) is 18.4 Å². The summed E-state index contributed by atoms with van der Waals surface area (Å²) < 4.78 is 62.1. The van der Waals surface area contributed by atoms with Crippen molar-refractivity contribution in [2.45, 2.75) is 57.1 Å². The van der Waals surface area contributed by atoms with Crippen molar-refractivity contribution in [3.63, 3.8) is 0 Å². The van der Waals surface area contributed by atoms with E-state index in [4.69, 9.17) is 4.74 Å². The summed E-state index contributed by atoms with van der Waals surface area (Å²) in [5.41, 5.74) is 3.84. The largest absolute Gasteiger partial charge is 0.497 e. The number of carbonyl (C=O) groups is 3. The average Bonchev–Trinajstić information content (AvgIpc) is 3.64. The summed E-state index contributed by atoms with van der Waals surface area (Å²) in [6.45, 7) is 6.91. The van der Waals surface area contributed by atoms with Gasteiger partial charge in [-0.3, -0.25) is 29.6 Å². The molecule has 3 aromatic rings. The Hall–Kier alpha value is -4.38. The third kappa shape index (κ3) is 6.60. The van der Waals surface area contributed by atoms with Gasteiger partial charge >= 0.3 is 18.2 Å². The Kier molecular flexibility index (Phi) is 9.17. The fourth-order valence-corrected chi connectivity index (χ4v) is 6.97. The smallest absolute Gasteiger partial charge is 0.317 e. The van der Waals surface area contributed by atoms with Crippen LogP contribution < -0.4 is 20.5 Å². The number of nitrogens with one attached hydrogen (secondary N) is 2. The first-order valence-electron chi connectivity index (χ1n) is 14.7. The quantitative estimate of drug-likeness (QED) is 0.309. The average molecular weight is 663 g/mol. The van der Waals surface area contributed by atoms with E-state index in [0.717, 1.165) is 11.8 Å². The maximum atomic E-state index is 14.4. The lowest BCUT2D eigenvalue weighted by Crippen LogP contribution is -2.50. The van der Waals surface area contributed by atoms with Crippen LogP contribution in [0, 0.1) is 5.92 Å². The van der Waals surface area contributed by atoms with Crippen LogP contribution in [-0.2, 0) is 26.2 Å². The number of imidazole rings is 1. The minimum absolute atomic E-state index is 0.00455. The van der Waals surface area contributed by atoms with E-state index >= 15 is 0 Å². The number of nitrogens with zero attached hydrogens (tertiary/aromatic N) is 6. The standard InChI is InChI=1S/C29H36F2N8O6S/c1-18(2)28(42)37-13-11-36(12-14-37)24-21-15-32-25(27(41)35-34-26(40)23(30)31)38(21)17-22(33-24)46(43,44)39(29(3)9-10-29)16-19-5-7-20(45-4)8-6-19/h5-8,15,17-18,23H,9-14,16H2,1-4H3,(H,34,40)(H,35,41). The molecule has 1 aliphatic heterocycles. The molecule has 0 spiro atoms. The Morgan fingerprint density at radius 3 is 2.28 bits per heavy atom. The lowest BCUT2D eigenvalue weighted by Gasteiger charge is -2.36. The molecule has 1 aromatic carbocycles. The lowest BCUT2D eigenvalue weighted by atomic mass is 10.1. The zero-order chi connectivity index (χ0) is 33.4. The predicted molar refractivity (Wildman–Crippen MR) is 162 cm³/mol. The van der Waals surface area contributed by atoms with Crippen LogP contribution in [0.15, 0.2) is 41.7 Å². The topological polar surface area (TPSA) is 159 Å². The van der Waals surface area contributed by atoms with Crippen LogP contribution in [0.5, 0.6) is 5.75 Å². The number of hydrazine groups is 1. The van der Waals surface area contributed by atoms with Crippen molar-refractivity contribution in [3.05, 3.63) is 48.0 Å². The first-order valence-corrected chi connectivity index (χ1v) is 16.1. The number of methoxy groups -OCH3 is 1. The number of fused-ring (bicyclic) bond motifs is 1. The summed E-state index contributed by atoms with van der Waals surface area (Å²) in [6, 6.07) is 7.04. The van der Waals surface area contributed by atoms with Crippen molar-refractivity contribution < 1.29 is 36.3 Å². The molecule has 2 N–H and O–H groups in total. The van der Waals surface area contributed by atoms with Crippen molar-refractivity contribution in [2.24, 2.45) is 5.92 Å². The van der Waals surface area contributed by atoms with Crippen molar-refractivity contribution in [2.75, 3.05) is 38.2 Å². The molecular weight excluding hydrogens is 626 g/mol. The van der Waals surface area contributed by atoms with E-state index in [2.05, 4.69) is 9.97 Å². The van der Waals surface area contributed by atoms with Gasteiger partial charge in [-0.1, -0.05) is 26.0 Å². The van der Waals surface area contributed by atoms with Gasteiger partial charge in [0.2, 0.25) is 11.7 Å². The Morgan fingerprint density at radius 1 is 1.07 bits per heavy atom. The van der Waals surface area contributed by atoms with Crippen LogP contribution in [0.25, 0.3) is 5.52 Å². The maximum absolute atomic E-state index is 14.4. The fraction of sp³-hybridized carbons (Fsp3) is 0.483. The SMILES string of the molecule is COc1ccc(CN(C2(C)CC2)S(=O)(=O)c2cn3c(C(=O)NNC(=O)C(F)F)ncc3c(N3CCN(C(=O)C(C)C)CC3)n2)cc1. The molecule has 1 saturated heterocycles. The number of piperazine rings is 1. The van der Waals surface area contributed by atoms with Crippen LogP contribution in [0.3, 0.4) is 0 Å². The van der Waals surface area contributed by atoms with Crippen molar-refractivity contribution in [3.8, 4) is 5.75 Å². The van der Waals surface area contributed by atoms with Crippen LogP contribution >= 0.6 is 0 Å². The van der Waals surface area contributed by atoms with Crippen molar-refractivity contribution >= 4 is 39.1 Å². The molecule has 0 radical (unpaired) electrons. The monoisotopic (exact) mass is 662 g/mol. The number of hydrogen-bond donors (Lipinski definition) is 2. The summed E-state index contributed by atoms with van der Waals surface area (Å²) in [5, 5.41) is -0.360. The number of ether oxygens (including phenoxy) is 1. The molecule has 0 atom stereocenters. The summed E-state index contributed by atoms with van der Waals surface area (Å²) in [6.07, 6.45) is 0.367. The Bertz CT molecular complexity index is 1740. The molecule has 14 nitrogen and oxygen atoms in total. The van der Waals surface area contributed by atoms with Gasteiger partial charge in [0.25, 0.3) is 10.0 Å². The molecule has 17 heteroatoms. The molecule has 3 heterocycles. The van der Waals surface area contributed by atoms with Gasteiger partial charge < -0.3 is 14.5 Å². The number of amides is 3. The molecule has 0 bridgehead atoms. The van der Waals surface area contributed by atoms with Crippen molar-refractivity contribution in [1.82, 2.24) is 34.4 Å². The van der Waals surface area contributed by atoms with E-state index in [1.807, 2.05) is 31.1 Å². The van der Waals surface area contributed by atoms with Crippen LogP contribution in [0.2, 0.25) is 0 Å². The number of carbonyl (C=O) groups excluding carboxylic acids is 3. The summed E-state index contributed by atoms with van der Waals surface area (Å²) in [7, 11) is -2.77. The van der Waals surface area contributed by atoms with E-state index in [0.29, 0.717) is 44.8 Å². The zero-order valence-electron chi connectivity index (χ0n) is 25.9. The summed E-state index contributed by atoms with van der Waals surface area (Å²) in [5.74, 6) is -2.49. The predicted octanol–water partition coefficient (Wildman–Crippen LogP) is 1.81. The van der Waals surface area contributed by atoms with E-state index in [1.165, 1.54) is 22.0 Å². The van der Waals surface area contributed by atoms with Gasteiger partial charge in [0.05, 0.1) is 19.5 Å². The number of anilines is 1. The fourth-order valence-electron chi connectivity index (χ4n) is 5.22. The van der Waals surface area contributed by atoms with E-state index in [9.17, 15) is 31.6 Å². The number of aromatic nitrogens is 3. The number of benzene rings is 1. The van der Waals surface area contributed by atoms with Gasteiger partial charge in [0, 0.05) is 44.2 Å². The maximum Gasteiger partial charge on any atom is 0.317 e. The van der Waals surface area contributed by atoms with Crippen molar-refractivity contribution in [1.29, 1.82) is 0 Å². The second kappa shape index (κ2) is 12.8. The minimum Gasteiger partial charge on any atom is -0.497 e. The molecule has 2 aliphatic rings. The number of rotatable bonds is 10. The molecule has 2 fully saturated rings. The first kappa shape index (κ1) is 33.0. The Morgan fingerprint density at radius 2 is 1.72 bits per heavy atom. The van der Waals surface area contributed by atoms with Crippen LogP contribution in [0.1, 0.15) is 49.8 Å². The molecule has 1 aliphatic carbocycles. The molecule has 46 heavy (non-hydrogen) atoms. The third-order valence-corrected chi connectivity index (χ3v) is 10.1. The summed E-state index contributed by atoms with van der Waals surface area (Å²) in [4.78, 5) is 49.2.